The maximum atomic E-state index is 10.9. The Bertz CT molecular complexity index is 415. The molecule has 0 aliphatic heterocycles. The van der Waals surface area contributed by atoms with E-state index >= 15 is 0 Å². The van der Waals surface area contributed by atoms with Gasteiger partial charge >= 0.3 is 0 Å². The van der Waals surface area contributed by atoms with Gasteiger partial charge in [0.05, 0.1) is 16.1 Å². The number of nitrogens with two attached hydrogens (primary N) is 1. The highest BCUT2D eigenvalue weighted by Gasteiger charge is 2.44. The van der Waals surface area contributed by atoms with Crippen molar-refractivity contribution in [3.63, 3.8) is 0 Å². The number of rotatable bonds is 3. The zero-order valence-electron chi connectivity index (χ0n) is 8.75. The van der Waals surface area contributed by atoms with E-state index in [1.54, 1.807) is 6.07 Å². The molecule has 1 atom stereocenters. The molecule has 86 valence electrons. The van der Waals surface area contributed by atoms with Gasteiger partial charge in [-0.05, 0) is 30.5 Å². The van der Waals surface area contributed by atoms with Gasteiger partial charge in [-0.25, -0.2) is 0 Å². The maximum Gasteiger partial charge on any atom is 0.137 e. The molecule has 1 aliphatic rings. The lowest BCUT2D eigenvalue weighted by atomic mass is 9.60. The highest BCUT2D eigenvalue weighted by Crippen LogP contribution is 2.46. The Morgan fingerprint density at radius 2 is 2.00 bits per heavy atom. The van der Waals surface area contributed by atoms with Crippen LogP contribution in [0.3, 0.4) is 0 Å². The van der Waals surface area contributed by atoms with Crippen molar-refractivity contribution in [2.75, 3.05) is 0 Å². The zero-order valence-corrected chi connectivity index (χ0v) is 10.3. The number of halogens is 2. The summed E-state index contributed by atoms with van der Waals surface area (Å²) in [4.78, 5) is 10.9. The molecule has 0 aromatic heterocycles. The molecule has 2 N–H and O–H groups in total. The normalized spacial score (nSPS) is 19.9. The summed E-state index contributed by atoms with van der Waals surface area (Å²) in [5.74, 6) is 0. The van der Waals surface area contributed by atoms with Crippen LogP contribution in [0, 0.1) is 0 Å². The molecular weight excluding hydrogens is 245 g/mol. The van der Waals surface area contributed by atoms with E-state index in [1.807, 2.05) is 12.1 Å². The van der Waals surface area contributed by atoms with Gasteiger partial charge in [-0.2, -0.15) is 0 Å². The molecule has 1 aromatic rings. The summed E-state index contributed by atoms with van der Waals surface area (Å²) < 4.78 is 0. The number of hydrogen-bond donors (Lipinski definition) is 1. The predicted octanol–water partition coefficient (Wildman–Crippen LogP) is 2.94. The van der Waals surface area contributed by atoms with E-state index in [-0.39, 0.29) is 5.41 Å². The molecular formula is C12H13Cl2NO. The number of carbonyl (C=O) groups is 1. The number of benzene rings is 1. The van der Waals surface area contributed by atoms with Gasteiger partial charge in [-0.3, -0.25) is 0 Å². The Hall–Kier alpha value is -0.570. The highest BCUT2D eigenvalue weighted by molar-refractivity contribution is 6.42. The quantitative estimate of drug-likeness (QED) is 0.847. The van der Waals surface area contributed by atoms with Crippen LogP contribution >= 0.6 is 23.2 Å². The summed E-state index contributed by atoms with van der Waals surface area (Å²) in [7, 11) is 0. The lowest BCUT2D eigenvalue weighted by Crippen LogP contribution is -2.51. The monoisotopic (exact) mass is 257 g/mol. The minimum absolute atomic E-state index is 0.226. The SMILES string of the molecule is NC(C=O)C1(c2ccc(Cl)c(Cl)c2)CCC1. The molecule has 0 heterocycles. The van der Waals surface area contributed by atoms with E-state index in [4.69, 9.17) is 28.9 Å². The molecule has 2 nitrogen and oxygen atoms in total. The van der Waals surface area contributed by atoms with Crippen molar-refractivity contribution in [1.29, 1.82) is 0 Å². The lowest BCUT2D eigenvalue weighted by molar-refractivity contribution is -0.111. The van der Waals surface area contributed by atoms with Gasteiger partial charge in [0.25, 0.3) is 0 Å². The summed E-state index contributed by atoms with van der Waals surface area (Å²) >= 11 is 11.9. The second kappa shape index (κ2) is 4.36. The Morgan fingerprint density at radius 3 is 2.44 bits per heavy atom. The second-order valence-electron chi connectivity index (χ2n) is 4.30. The van der Waals surface area contributed by atoms with Crippen LogP contribution in [0.15, 0.2) is 18.2 Å². The predicted molar refractivity (Wildman–Crippen MR) is 66.0 cm³/mol. The van der Waals surface area contributed by atoms with Crippen LogP contribution in [0.2, 0.25) is 10.0 Å². The third kappa shape index (κ3) is 1.75. The van der Waals surface area contributed by atoms with E-state index in [2.05, 4.69) is 0 Å². The first kappa shape index (κ1) is 11.9. The van der Waals surface area contributed by atoms with Crippen molar-refractivity contribution < 1.29 is 4.79 Å². The summed E-state index contributed by atoms with van der Waals surface area (Å²) in [5.41, 5.74) is 6.68. The molecule has 0 spiro atoms. The van der Waals surface area contributed by atoms with Crippen LogP contribution in [0.5, 0.6) is 0 Å². The van der Waals surface area contributed by atoms with Crippen molar-refractivity contribution in [3.05, 3.63) is 33.8 Å². The Kier molecular flexibility index (Phi) is 3.24. The van der Waals surface area contributed by atoms with Crippen LogP contribution in [0.25, 0.3) is 0 Å². The Morgan fingerprint density at radius 1 is 1.31 bits per heavy atom. The van der Waals surface area contributed by atoms with Crippen molar-refractivity contribution in [2.45, 2.75) is 30.7 Å². The molecule has 0 radical (unpaired) electrons. The number of hydrogen-bond acceptors (Lipinski definition) is 2. The smallest absolute Gasteiger partial charge is 0.137 e. The van der Waals surface area contributed by atoms with E-state index in [1.165, 1.54) is 0 Å². The van der Waals surface area contributed by atoms with Crippen molar-refractivity contribution >= 4 is 29.5 Å². The van der Waals surface area contributed by atoms with Crippen LogP contribution in [0.4, 0.5) is 0 Å². The average molecular weight is 258 g/mol. The van der Waals surface area contributed by atoms with Gasteiger partial charge < -0.3 is 10.5 Å². The largest absolute Gasteiger partial charge is 0.321 e. The van der Waals surface area contributed by atoms with Gasteiger partial charge in [-0.1, -0.05) is 35.7 Å². The van der Waals surface area contributed by atoms with Crippen LogP contribution in [0.1, 0.15) is 24.8 Å². The fourth-order valence-corrected chi connectivity index (χ4v) is 2.61. The third-order valence-corrected chi connectivity index (χ3v) is 4.26. The number of aldehydes is 1. The molecule has 1 aromatic carbocycles. The fraction of sp³-hybridized carbons (Fsp3) is 0.417. The van der Waals surface area contributed by atoms with Crippen molar-refractivity contribution in [3.8, 4) is 0 Å². The highest BCUT2D eigenvalue weighted by atomic mass is 35.5. The molecule has 1 unspecified atom stereocenters. The molecule has 16 heavy (non-hydrogen) atoms. The van der Waals surface area contributed by atoms with E-state index < -0.39 is 6.04 Å². The molecule has 0 amide bonds. The first-order valence-corrected chi connectivity index (χ1v) is 6.02. The third-order valence-electron chi connectivity index (χ3n) is 3.52. The molecule has 1 aliphatic carbocycles. The standard InChI is InChI=1S/C12H13Cl2NO/c13-9-3-2-8(6-10(9)14)12(4-1-5-12)11(15)7-16/h2-3,6-7,11H,1,4-5,15H2. The maximum absolute atomic E-state index is 10.9. The first-order valence-electron chi connectivity index (χ1n) is 5.26. The topological polar surface area (TPSA) is 43.1 Å². The molecule has 1 saturated carbocycles. The Labute approximate surface area is 105 Å². The van der Waals surface area contributed by atoms with E-state index in [0.29, 0.717) is 10.0 Å². The molecule has 4 heteroatoms. The fourth-order valence-electron chi connectivity index (χ4n) is 2.31. The van der Waals surface area contributed by atoms with Gasteiger partial charge in [0.1, 0.15) is 6.29 Å². The summed E-state index contributed by atoms with van der Waals surface area (Å²) in [6, 6.07) is 5.04. The lowest BCUT2D eigenvalue weighted by Gasteiger charge is -2.45. The summed E-state index contributed by atoms with van der Waals surface area (Å²) in [6.07, 6.45) is 3.79. The van der Waals surface area contributed by atoms with E-state index in [0.717, 1.165) is 31.1 Å². The summed E-state index contributed by atoms with van der Waals surface area (Å²) in [5, 5.41) is 1.04. The minimum atomic E-state index is -0.460. The zero-order chi connectivity index (χ0) is 11.8. The number of carbonyl (C=O) groups excluding carboxylic acids is 1. The van der Waals surface area contributed by atoms with Gasteiger partial charge in [0.2, 0.25) is 0 Å². The van der Waals surface area contributed by atoms with Gasteiger partial charge in [-0.15, -0.1) is 0 Å². The molecule has 1 fully saturated rings. The van der Waals surface area contributed by atoms with Gasteiger partial charge in [0, 0.05) is 5.41 Å². The van der Waals surface area contributed by atoms with E-state index in [9.17, 15) is 4.79 Å². The minimum Gasteiger partial charge on any atom is -0.321 e. The molecule has 0 saturated heterocycles. The van der Waals surface area contributed by atoms with Crippen LogP contribution in [-0.4, -0.2) is 12.3 Å². The van der Waals surface area contributed by atoms with Gasteiger partial charge in [0.15, 0.2) is 0 Å². The molecule has 2 rings (SSSR count). The summed E-state index contributed by atoms with van der Waals surface area (Å²) in [6.45, 7) is 0. The molecule has 0 bridgehead atoms. The van der Waals surface area contributed by atoms with Crippen molar-refractivity contribution in [2.24, 2.45) is 5.73 Å². The Balaban J connectivity index is 2.40. The first-order chi connectivity index (χ1) is 7.60. The van der Waals surface area contributed by atoms with Crippen LogP contribution < -0.4 is 5.73 Å². The average Bonchev–Trinajstić information content (AvgIpc) is 2.21. The van der Waals surface area contributed by atoms with Crippen molar-refractivity contribution in [1.82, 2.24) is 0 Å². The second-order valence-corrected chi connectivity index (χ2v) is 5.11. The van der Waals surface area contributed by atoms with Crippen LogP contribution in [-0.2, 0) is 10.2 Å².